The summed E-state index contributed by atoms with van der Waals surface area (Å²) in [6.07, 6.45) is 7.10. The fourth-order valence-electron chi connectivity index (χ4n) is 7.43. The van der Waals surface area contributed by atoms with E-state index in [1.807, 2.05) is 6.92 Å². The van der Waals surface area contributed by atoms with Gasteiger partial charge in [0.2, 0.25) is 0 Å². The van der Waals surface area contributed by atoms with E-state index in [4.69, 9.17) is 23.8 Å². The Balaban J connectivity index is 1.95. The highest BCUT2D eigenvalue weighted by molar-refractivity contribution is 6.23. The number of oxime groups is 1. The number of aliphatic hydroxyl groups excluding tert-OH is 2. The summed E-state index contributed by atoms with van der Waals surface area (Å²) in [6, 6.07) is 0. The molecule has 15 nitrogen and oxygen atoms in total. The maximum absolute atomic E-state index is 14.3. The first-order valence-corrected chi connectivity index (χ1v) is 19.6. The van der Waals surface area contributed by atoms with Crippen LogP contribution in [-0.4, -0.2) is 93.3 Å². The minimum absolute atomic E-state index is 0.0391. The summed E-state index contributed by atoms with van der Waals surface area (Å²) in [7, 11) is 1.43. The number of unbranched alkanes of at least 4 members (excludes halogenated alkanes) is 2. The number of Topliss-reactive ketones (excluding diaryl/α,β-unsaturated/α-hetero) is 1. The van der Waals surface area contributed by atoms with Gasteiger partial charge in [0.05, 0.1) is 53.0 Å². The van der Waals surface area contributed by atoms with Gasteiger partial charge in [-0.25, -0.2) is 0 Å². The van der Waals surface area contributed by atoms with Crippen LogP contribution in [0.15, 0.2) is 41.3 Å². The van der Waals surface area contributed by atoms with Crippen LogP contribution in [0, 0.1) is 30.6 Å². The van der Waals surface area contributed by atoms with Crippen molar-refractivity contribution in [3.63, 3.8) is 0 Å². The maximum Gasteiger partial charge on any atom is 0.312 e. The lowest BCUT2D eigenvalue weighted by atomic mass is 9.78. The Morgan fingerprint density at radius 3 is 2.29 bits per heavy atom. The van der Waals surface area contributed by atoms with Crippen LogP contribution in [0.2, 0.25) is 0 Å². The number of nitrogens with one attached hydrogen (secondary N) is 1. The largest absolute Gasteiger partial charge is 0.507 e. The van der Waals surface area contributed by atoms with Gasteiger partial charge in [-0.15, -0.1) is 0 Å². The third-order valence-electron chi connectivity index (χ3n) is 11.1. The molecular formula is C43H58N2O13. The first-order valence-electron chi connectivity index (χ1n) is 19.6. The number of ether oxygens (including phenoxy) is 4. The summed E-state index contributed by atoms with van der Waals surface area (Å²) in [5, 5.41) is 64.0. The molecule has 0 saturated carbocycles. The second kappa shape index (κ2) is 19.1. The Bertz CT molecular complexity index is 1990. The van der Waals surface area contributed by atoms with Crippen LogP contribution in [0.4, 0.5) is 5.69 Å². The summed E-state index contributed by atoms with van der Waals surface area (Å²) in [4.78, 5) is 45.7. The molecule has 0 spiro atoms. The first kappa shape index (κ1) is 45.6. The predicted octanol–water partition coefficient (Wildman–Crippen LogP) is 6.29. The normalized spacial score (nSPS) is 28.4. The Labute approximate surface area is 338 Å². The van der Waals surface area contributed by atoms with Gasteiger partial charge in [0, 0.05) is 61.2 Å². The summed E-state index contributed by atoms with van der Waals surface area (Å²) in [6.45, 7) is 14.7. The highest BCUT2D eigenvalue weighted by Crippen LogP contribution is 2.55. The molecule has 15 heteroatoms. The van der Waals surface area contributed by atoms with Crippen molar-refractivity contribution in [2.75, 3.05) is 19.0 Å². The topological polar surface area (TPSA) is 223 Å². The zero-order valence-corrected chi connectivity index (χ0v) is 34.9. The van der Waals surface area contributed by atoms with Crippen molar-refractivity contribution < 1.29 is 63.7 Å². The number of rotatable bonds is 8. The number of carbonyl (C=O) groups excluding carboxylic acids is 3. The van der Waals surface area contributed by atoms with Gasteiger partial charge in [0.1, 0.15) is 30.0 Å². The fourth-order valence-corrected chi connectivity index (χ4v) is 7.43. The smallest absolute Gasteiger partial charge is 0.312 e. The van der Waals surface area contributed by atoms with Crippen LogP contribution >= 0.6 is 0 Å². The number of nitrogens with zero attached hydrogens (tertiary/aromatic N) is 1. The van der Waals surface area contributed by atoms with Crippen LogP contribution in [0.1, 0.15) is 96.1 Å². The molecule has 3 heterocycles. The van der Waals surface area contributed by atoms with Crippen LogP contribution in [0.5, 0.6) is 23.0 Å². The summed E-state index contributed by atoms with van der Waals surface area (Å²) in [5.41, 5.74) is -0.565. The van der Waals surface area contributed by atoms with E-state index in [1.165, 1.54) is 53.2 Å². The molecule has 6 N–H and O–H groups in total. The average Bonchev–Trinajstić information content (AvgIpc) is 3.45. The molecule has 3 aliphatic heterocycles. The number of aromatic hydroxyl groups is 3. The van der Waals surface area contributed by atoms with Crippen LogP contribution < -0.4 is 10.1 Å². The molecule has 0 radical (unpaired) electrons. The number of phenols is 3. The van der Waals surface area contributed by atoms with Crippen molar-refractivity contribution >= 4 is 40.3 Å². The van der Waals surface area contributed by atoms with Crippen molar-refractivity contribution in [3.05, 3.63) is 52.8 Å². The lowest BCUT2D eigenvalue weighted by molar-refractivity contribution is -0.160. The number of methoxy groups -OCH3 is 1. The van der Waals surface area contributed by atoms with Crippen molar-refractivity contribution in [2.24, 2.45) is 28.8 Å². The number of allylic oxidation sites excluding steroid dienone is 2. The molecule has 0 fully saturated rings. The van der Waals surface area contributed by atoms with Gasteiger partial charge in [0.25, 0.3) is 11.7 Å². The number of hydrogen-bond donors (Lipinski definition) is 6. The highest BCUT2D eigenvalue weighted by atomic mass is 16.7. The van der Waals surface area contributed by atoms with E-state index in [0.29, 0.717) is 6.42 Å². The van der Waals surface area contributed by atoms with Crippen LogP contribution in [0.3, 0.4) is 0 Å². The molecule has 0 unspecified atom stereocenters. The molecule has 0 aliphatic carbocycles. The molecule has 0 saturated heterocycles. The highest BCUT2D eigenvalue weighted by Gasteiger charge is 2.50. The van der Waals surface area contributed by atoms with Gasteiger partial charge >= 0.3 is 11.8 Å². The first-order chi connectivity index (χ1) is 27.3. The molecule has 2 aromatic rings. The van der Waals surface area contributed by atoms with Gasteiger partial charge in [-0.05, 0) is 26.3 Å². The van der Waals surface area contributed by atoms with Gasteiger partial charge in [-0.3, -0.25) is 14.4 Å². The summed E-state index contributed by atoms with van der Waals surface area (Å²) >= 11 is 0. The molecular weight excluding hydrogens is 752 g/mol. The summed E-state index contributed by atoms with van der Waals surface area (Å²) in [5.74, 6) is -8.57. The Morgan fingerprint density at radius 1 is 0.966 bits per heavy atom. The zero-order valence-electron chi connectivity index (χ0n) is 34.9. The van der Waals surface area contributed by atoms with Crippen molar-refractivity contribution in [1.29, 1.82) is 0 Å². The number of esters is 1. The van der Waals surface area contributed by atoms with Crippen molar-refractivity contribution in [3.8, 4) is 23.0 Å². The Morgan fingerprint density at radius 2 is 1.66 bits per heavy atom. The number of fused-ring (bicyclic) bond motifs is 14. The van der Waals surface area contributed by atoms with E-state index in [2.05, 4.69) is 10.5 Å². The van der Waals surface area contributed by atoms with E-state index in [1.54, 1.807) is 39.8 Å². The van der Waals surface area contributed by atoms with Gasteiger partial charge in [-0.2, -0.15) is 0 Å². The summed E-state index contributed by atoms with van der Waals surface area (Å²) < 4.78 is 23.5. The Hall–Kier alpha value is -5.12. The third-order valence-corrected chi connectivity index (χ3v) is 11.1. The quantitative estimate of drug-likeness (QED) is 0.0431. The van der Waals surface area contributed by atoms with Gasteiger partial charge < -0.3 is 54.6 Å². The molecule has 3 aliphatic rings. The van der Waals surface area contributed by atoms with E-state index >= 15 is 0 Å². The van der Waals surface area contributed by atoms with Crippen LogP contribution in [0.25, 0.3) is 10.8 Å². The Kier molecular flexibility index (Phi) is 15.0. The molecule has 2 aromatic carbocycles. The number of phenolic OH excluding ortho intramolecular Hbond substituents is 3. The number of carbonyl (C=O) groups is 3. The number of aliphatic hydroxyl groups is 2. The minimum Gasteiger partial charge on any atom is -0.507 e. The second-order valence-corrected chi connectivity index (χ2v) is 15.4. The number of hydrogen-bond acceptors (Lipinski definition) is 14. The van der Waals surface area contributed by atoms with E-state index < -0.39 is 88.8 Å². The predicted molar refractivity (Wildman–Crippen MR) is 217 cm³/mol. The third kappa shape index (κ3) is 9.27. The lowest BCUT2D eigenvalue weighted by Crippen LogP contribution is -2.46. The molecule has 1 amide bonds. The monoisotopic (exact) mass is 810 g/mol. The van der Waals surface area contributed by atoms with E-state index in [0.717, 1.165) is 19.1 Å². The standard InChI is InChI=1S/C43H58N2O13/c1-11-12-13-18-56-44-20-28-33-38(51)31-30(37(28)50)32-40(26(7)36(31)49)58-43(9,41(32)52)55-19-17-29(54-10)23(4)39(57-27(8)46)25(6)35(48)24(5)34(47)21(2)15-14-16-22(3)42(53)45-33/h14-17,19-21,23-25,29,34-35,39,47-51H,11-13,18H2,1-10H3,(H,45,53)/t21-,23-,24+,25+,29-,34-,35+,39-,43-/m0/s1. The fraction of sp³-hybridized carbons (Fsp3) is 0.535. The minimum atomic E-state index is -2.05. The molecule has 0 aromatic heterocycles. The second-order valence-electron chi connectivity index (χ2n) is 15.4. The molecule has 5 bridgehead atoms. The lowest BCUT2D eigenvalue weighted by Gasteiger charge is -2.38. The van der Waals surface area contributed by atoms with Crippen molar-refractivity contribution in [2.45, 2.75) is 112 Å². The number of ketones is 1. The van der Waals surface area contributed by atoms with Crippen molar-refractivity contribution in [1.82, 2.24) is 0 Å². The SMILES string of the molecule is CCCCCON=Cc1c2c(O)c3c(O)c(C)c4c(c3c1O)C(=O)[C@@](C)(OC=C[C@H](OC)[C@H](C)[C@H](OC(C)=O)[C@H](C)[C@H](O)[C@H](C)[C@@H](O)[C@@H](C)C=CC=C(C)C(=O)N2)O4. The molecule has 318 valence electrons. The zero-order chi connectivity index (χ0) is 43.2. The van der Waals surface area contributed by atoms with Crippen LogP contribution in [-0.2, 0) is 28.6 Å². The van der Waals surface area contributed by atoms with E-state index in [-0.39, 0.29) is 51.1 Å². The maximum atomic E-state index is 14.3. The average molecular weight is 811 g/mol. The number of benzene rings is 2. The molecule has 5 rings (SSSR count). The molecule has 9 atom stereocenters. The number of anilines is 1. The van der Waals surface area contributed by atoms with Gasteiger partial charge in [0.15, 0.2) is 5.75 Å². The molecule has 58 heavy (non-hydrogen) atoms. The van der Waals surface area contributed by atoms with Gasteiger partial charge in [-0.1, -0.05) is 70.8 Å². The van der Waals surface area contributed by atoms with E-state index in [9.17, 15) is 39.9 Å². The number of amides is 1.